The second kappa shape index (κ2) is 6.21. The Bertz CT molecular complexity index is 505. The van der Waals surface area contributed by atoms with Crippen molar-refractivity contribution in [3.05, 3.63) is 35.1 Å². The standard InChI is InChI=1S/C12H12F3NO3/c1-6(4-9(17)18)5-16-12(19)7-2-3-8(13)11(15)10(7)14/h2-3,6H,4-5H2,1H3,(H,16,19)(H,17,18). The van der Waals surface area contributed by atoms with Gasteiger partial charge in [0.15, 0.2) is 17.5 Å². The zero-order chi connectivity index (χ0) is 14.6. The zero-order valence-corrected chi connectivity index (χ0v) is 10.0. The van der Waals surface area contributed by atoms with Crippen molar-refractivity contribution in [2.45, 2.75) is 13.3 Å². The molecule has 1 aromatic carbocycles. The first-order valence-electron chi connectivity index (χ1n) is 5.46. The largest absolute Gasteiger partial charge is 0.481 e. The number of carboxylic acid groups (broad SMARTS) is 1. The van der Waals surface area contributed by atoms with E-state index in [1.165, 1.54) is 0 Å². The smallest absolute Gasteiger partial charge is 0.303 e. The van der Waals surface area contributed by atoms with Crippen LogP contribution in [0.1, 0.15) is 23.7 Å². The molecule has 0 bridgehead atoms. The molecule has 0 saturated heterocycles. The predicted molar refractivity (Wildman–Crippen MR) is 60.1 cm³/mol. The van der Waals surface area contributed by atoms with Crippen LogP contribution in [0.2, 0.25) is 0 Å². The SMILES string of the molecule is CC(CNC(=O)c1ccc(F)c(F)c1F)CC(=O)O. The maximum absolute atomic E-state index is 13.3. The molecule has 1 amide bonds. The Morgan fingerprint density at radius 1 is 1.26 bits per heavy atom. The van der Waals surface area contributed by atoms with Crippen molar-refractivity contribution >= 4 is 11.9 Å². The van der Waals surface area contributed by atoms with Crippen LogP contribution >= 0.6 is 0 Å². The Labute approximate surface area is 107 Å². The van der Waals surface area contributed by atoms with Crippen LogP contribution in [-0.4, -0.2) is 23.5 Å². The summed E-state index contributed by atoms with van der Waals surface area (Å²) < 4.78 is 38.9. The Kier molecular flexibility index (Phi) is 4.91. The molecule has 0 aliphatic rings. The summed E-state index contributed by atoms with van der Waals surface area (Å²) in [5, 5.41) is 10.8. The Hall–Kier alpha value is -2.05. The third kappa shape index (κ3) is 3.97. The number of rotatable bonds is 5. The van der Waals surface area contributed by atoms with Crippen LogP contribution in [0.3, 0.4) is 0 Å². The molecule has 0 aliphatic heterocycles. The summed E-state index contributed by atoms with van der Waals surface area (Å²) in [6, 6.07) is 1.47. The average molecular weight is 275 g/mol. The summed E-state index contributed by atoms with van der Waals surface area (Å²) in [7, 11) is 0. The minimum Gasteiger partial charge on any atom is -0.481 e. The molecule has 104 valence electrons. The van der Waals surface area contributed by atoms with Gasteiger partial charge in [-0.15, -0.1) is 0 Å². The van der Waals surface area contributed by atoms with E-state index < -0.39 is 34.9 Å². The fourth-order valence-electron chi connectivity index (χ4n) is 1.43. The van der Waals surface area contributed by atoms with Gasteiger partial charge < -0.3 is 10.4 Å². The Balaban J connectivity index is 2.69. The molecule has 0 spiro atoms. The van der Waals surface area contributed by atoms with Gasteiger partial charge in [0, 0.05) is 13.0 Å². The highest BCUT2D eigenvalue weighted by molar-refractivity contribution is 5.94. The maximum atomic E-state index is 13.3. The van der Waals surface area contributed by atoms with Gasteiger partial charge in [0.2, 0.25) is 0 Å². The molecule has 0 aliphatic carbocycles. The van der Waals surface area contributed by atoms with Crippen molar-refractivity contribution in [1.82, 2.24) is 5.32 Å². The monoisotopic (exact) mass is 275 g/mol. The molecule has 19 heavy (non-hydrogen) atoms. The summed E-state index contributed by atoms with van der Waals surface area (Å²) >= 11 is 0. The number of benzene rings is 1. The van der Waals surface area contributed by atoms with Crippen LogP contribution in [0, 0.1) is 23.4 Å². The minimum absolute atomic E-state index is 0.0103. The van der Waals surface area contributed by atoms with Crippen molar-refractivity contribution in [3.63, 3.8) is 0 Å². The number of hydrogen-bond acceptors (Lipinski definition) is 2. The quantitative estimate of drug-likeness (QED) is 0.807. The number of aliphatic carboxylic acids is 1. The summed E-state index contributed by atoms with van der Waals surface area (Å²) in [6.07, 6.45) is -0.166. The van der Waals surface area contributed by atoms with Crippen molar-refractivity contribution in [2.24, 2.45) is 5.92 Å². The number of amides is 1. The van der Waals surface area contributed by atoms with Crippen LogP contribution in [-0.2, 0) is 4.79 Å². The van der Waals surface area contributed by atoms with E-state index in [9.17, 15) is 22.8 Å². The van der Waals surface area contributed by atoms with Gasteiger partial charge >= 0.3 is 5.97 Å². The predicted octanol–water partition coefficient (Wildman–Crippen LogP) is 1.94. The lowest BCUT2D eigenvalue weighted by Crippen LogP contribution is -2.30. The average Bonchev–Trinajstić information content (AvgIpc) is 2.32. The molecule has 1 aromatic rings. The topological polar surface area (TPSA) is 66.4 Å². The molecule has 0 heterocycles. The van der Waals surface area contributed by atoms with Crippen LogP contribution < -0.4 is 5.32 Å². The molecule has 1 atom stereocenters. The number of hydrogen-bond donors (Lipinski definition) is 2. The molecule has 0 saturated carbocycles. The van der Waals surface area contributed by atoms with Crippen LogP contribution in [0.5, 0.6) is 0 Å². The molecule has 0 fully saturated rings. The molecular weight excluding hydrogens is 263 g/mol. The van der Waals surface area contributed by atoms with Gasteiger partial charge in [-0.05, 0) is 18.1 Å². The molecule has 1 unspecified atom stereocenters. The third-order valence-electron chi connectivity index (χ3n) is 2.41. The number of halogens is 3. The summed E-state index contributed by atoms with van der Waals surface area (Å²) in [5.74, 6) is -6.98. The zero-order valence-electron chi connectivity index (χ0n) is 10.0. The van der Waals surface area contributed by atoms with E-state index in [1.54, 1.807) is 6.92 Å². The second-order valence-corrected chi connectivity index (χ2v) is 4.14. The Morgan fingerprint density at radius 3 is 2.47 bits per heavy atom. The second-order valence-electron chi connectivity index (χ2n) is 4.14. The Morgan fingerprint density at radius 2 is 1.89 bits per heavy atom. The molecular formula is C12H12F3NO3. The van der Waals surface area contributed by atoms with Crippen LogP contribution in [0.4, 0.5) is 13.2 Å². The first kappa shape index (κ1) is 15.0. The van der Waals surface area contributed by atoms with Crippen molar-refractivity contribution in [1.29, 1.82) is 0 Å². The maximum Gasteiger partial charge on any atom is 0.303 e. The molecule has 0 aromatic heterocycles. The van der Waals surface area contributed by atoms with Gasteiger partial charge in [-0.25, -0.2) is 13.2 Å². The van der Waals surface area contributed by atoms with E-state index in [1.807, 2.05) is 0 Å². The van der Waals surface area contributed by atoms with Crippen molar-refractivity contribution in [2.75, 3.05) is 6.54 Å². The molecule has 1 rings (SSSR count). The molecule has 2 N–H and O–H groups in total. The van der Waals surface area contributed by atoms with Gasteiger partial charge in [0.05, 0.1) is 5.56 Å². The van der Waals surface area contributed by atoms with Crippen molar-refractivity contribution < 1.29 is 27.9 Å². The lowest BCUT2D eigenvalue weighted by Gasteiger charge is -2.11. The number of carbonyl (C=O) groups excluding carboxylic acids is 1. The van der Waals surface area contributed by atoms with E-state index >= 15 is 0 Å². The normalized spacial score (nSPS) is 12.0. The first-order valence-corrected chi connectivity index (χ1v) is 5.46. The van der Waals surface area contributed by atoms with Gasteiger partial charge in [-0.3, -0.25) is 9.59 Å². The highest BCUT2D eigenvalue weighted by atomic mass is 19.2. The van der Waals surface area contributed by atoms with E-state index in [4.69, 9.17) is 5.11 Å². The number of carbonyl (C=O) groups is 2. The highest BCUT2D eigenvalue weighted by Crippen LogP contribution is 2.15. The van der Waals surface area contributed by atoms with Crippen LogP contribution in [0.25, 0.3) is 0 Å². The number of nitrogens with one attached hydrogen (secondary N) is 1. The highest BCUT2D eigenvalue weighted by Gasteiger charge is 2.19. The molecule has 7 heteroatoms. The molecule has 0 radical (unpaired) electrons. The summed E-state index contributed by atoms with van der Waals surface area (Å²) in [5.41, 5.74) is -0.624. The summed E-state index contributed by atoms with van der Waals surface area (Å²) in [4.78, 5) is 21.9. The number of carboxylic acids is 1. The van der Waals surface area contributed by atoms with E-state index in [-0.39, 0.29) is 18.9 Å². The first-order chi connectivity index (χ1) is 8.82. The lowest BCUT2D eigenvalue weighted by atomic mass is 10.1. The third-order valence-corrected chi connectivity index (χ3v) is 2.41. The fourth-order valence-corrected chi connectivity index (χ4v) is 1.43. The van der Waals surface area contributed by atoms with Gasteiger partial charge in [-0.1, -0.05) is 6.92 Å². The van der Waals surface area contributed by atoms with Crippen LogP contribution in [0.15, 0.2) is 12.1 Å². The van der Waals surface area contributed by atoms with Gasteiger partial charge in [0.25, 0.3) is 5.91 Å². The van der Waals surface area contributed by atoms with Crippen molar-refractivity contribution in [3.8, 4) is 0 Å². The summed E-state index contributed by atoms with van der Waals surface area (Å²) in [6.45, 7) is 1.57. The van der Waals surface area contributed by atoms with E-state index in [0.717, 1.165) is 6.07 Å². The van der Waals surface area contributed by atoms with Gasteiger partial charge in [-0.2, -0.15) is 0 Å². The van der Waals surface area contributed by atoms with E-state index in [0.29, 0.717) is 6.07 Å². The lowest BCUT2D eigenvalue weighted by molar-refractivity contribution is -0.137. The molecule has 4 nitrogen and oxygen atoms in total. The fraction of sp³-hybridized carbons (Fsp3) is 0.333. The van der Waals surface area contributed by atoms with Gasteiger partial charge in [0.1, 0.15) is 0 Å². The minimum atomic E-state index is -1.72. The van der Waals surface area contributed by atoms with E-state index in [2.05, 4.69) is 5.32 Å².